The Morgan fingerprint density at radius 3 is 1.88 bits per heavy atom. The lowest BCUT2D eigenvalue weighted by molar-refractivity contribution is -0.170. The number of rotatable bonds is 5. The number of hydrogen-bond acceptors (Lipinski definition) is 4. The highest BCUT2D eigenvalue weighted by atomic mass is 16.6. The Balaban J connectivity index is 4.90. The molecule has 0 aliphatic heterocycles. The third-order valence-electron chi connectivity index (χ3n) is 2.07. The molecular formula is C12H18O4. The molecule has 0 saturated carbocycles. The Morgan fingerprint density at radius 1 is 1.12 bits per heavy atom. The second kappa shape index (κ2) is 6.89. The van der Waals surface area contributed by atoms with Crippen LogP contribution in [0.2, 0.25) is 0 Å². The van der Waals surface area contributed by atoms with E-state index in [2.05, 4.69) is 11.8 Å². The molecule has 0 heterocycles. The third kappa shape index (κ3) is 3.58. The first-order valence-corrected chi connectivity index (χ1v) is 5.27. The van der Waals surface area contributed by atoms with Gasteiger partial charge in [0.25, 0.3) is 0 Å². The van der Waals surface area contributed by atoms with Crippen molar-refractivity contribution in [3.8, 4) is 11.8 Å². The maximum absolute atomic E-state index is 11.7. The van der Waals surface area contributed by atoms with Gasteiger partial charge in [-0.1, -0.05) is 0 Å². The van der Waals surface area contributed by atoms with Gasteiger partial charge in [-0.05, 0) is 27.7 Å². The van der Waals surface area contributed by atoms with Crippen LogP contribution in [0.1, 0.15) is 34.1 Å². The number of carbonyl (C=O) groups is 2. The Morgan fingerprint density at radius 2 is 1.56 bits per heavy atom. The lowest BCUT2D eigenvalue weighted by Gasteiger charge is -2.22. The average Bonchev–Trinajstić information content (AvgIpc) is 2.26. The minimum absolute atomic E-state index is 0.112. The van der Waals surface area contributed by atoms with Crippen molar-refractivity contribution in [2.75, 3.05) is 13.2 Å². The normalized spacial score (nSPS) is 10.0. The number of ether oxygens (including phenoxy) is 2. The Hall–Kier alpha value is -1.50. The van der Waals surface area contributed by atoms with Gasteiger partial charge in [-0.25, -0.2) is 0 Å². The van der Waals surface area contributed by atoms with Crippen LogP contribution in [0.3, 0.4) is 0 Å². The molecule has 16 heavy (non-hydrogen) atoms. The zero-order valence-electron chi connectivity index (χ0n) is 10.3. The van der Waals surface area contributed by atoms with Gasteiger partial charge in [-0.2, -0.15) is 0 Å². The van der Waals surface area contributed by atoms with Crippen LogP contribution in [0.15, 0.2) is 0 Å². The van der Waals surface area contributed by atoms with Crippen molar-refractivity contribution >= 4 is 11.9 Å². The molecule has 0 unspecified atom stereocenters. The predicted octanol–water partition coefficient (Wildman–Crippen LogP) is 1.53. The van der Waals surface area contributed by atoms with Crippen LogP contribution < -0.4 is 0 Å². The fraction of sp³-hybridized carbons (Fsp3) is 0.667. The molecule has 0 aliphatic carbocycles. The van der Waals surface area contributed by atoms with Crippen LogP contribution in [0.25, 0.3) is 0 Å². The van der Waals surface area contributed by atoms with Crippen molar-refractivity contribution in [3.05, 3.63) is 0 Å². The maximum atomic E-state index is 11.7. The number of carbonyl (C=O) groups excluding carboxylic acids is 2. The smallest absolute Gasteiger partial charge is 0.324 e. The van der Waals surface area contributed by atoms with Crippen LogP contribution in [0.4, 0.5) is 0 Å². The van der Waals surface area contributed by atoms with Crippen molar-refractivity contribution in [2.45, 2.75) is 34.1 Å². The van der Waals surface area contributed by atoms with Gasteiger partial charge in [0.2, 0.25) is 0 Å². The van der Waals surface area contributed by atoms with Gasteiger partial charge in [-0.15, -0.1) is 11.8 Å². The Kier molecular flexibility index (Phi) is 6.24. The van der Waals surface area contributed by atoms with Crippen LogP contribution in [0, 0.1) is 17.3 Å². The molecule has 0 N–H and O–H groups in total. The first-order valence-electron chi connectivity index (χ1n) is 5.27. The summed E-state index contributed by atoms with van der Waals surface area (Å²) in [5.41, 5.74) is -1.32. The molecule has 4 nitrogen and oxygen atoms in total. The van der Waals surface area contributed by atoms with Gasteiger partial charge in [0.1, 0.15) is 0 Å². The van der Waals surface area contributed by atoms with Gasteiger partial charge >= 0.3 is 11.9 Å². The maximum Gasteiger partial charge on any atom is 0.324 e. The number of hydrogen-bond donors (Lipinski definition) is 0. The molecule has 0 aromatic heterocycles. The summed E-state index contributed by atoms with van der Waals surface area (Å²) in [7, 11) is 0. The monoisotopic (exact) mass is 226 g/mol. The van der Waals surface area contributed by atoms with Crippen LogP contribution in [-0.4, -0.2) is 25.2 Å². The van der Waals surface area contributed by atoms with Crippen molar-refractivity contribution in [1.82, 2.24) is 0 Å². The minimum Gasteiger partial charge on any atom is -0.465 e. The lowest BCUT2D eigenvalue weighted by Crippen LogP contribution is -2.39. The summed E-state index contributed by atoms with van der Waals surface area (Å²) in [6.45, 7) is 6.98. The molecule has 0 aromatic carbocycles. The molecule has 0 radical (unpaired) electrons. The highest BCUT2D eigenvalue weighted by molar-refractivity contribution is 5.99. The minimum atomic E-state index is -1.32. The molecule has 0 saturated heterocycles. The molecule has 0 spiro atoms. The Bertz CT molecular complexity index is 291. The Labute approximate surface area is 96.3 Å². The molecule has 90 valence electrons. The SMILES string of the molecule is CC#CCC(C)(C(=O)OCC)C(=O)OCC. The lowest BCUT2D eigenvalue weighted by atomic mass is 9.87. The van der Waals surface area contributed by atoms with E-state index in [9.17, 15) is 9.59 Å². The van der Waals surface area contributed by atoms with Crippen molar-refractivity contribution in [3.63, 3.8) is 0 Å². The molecule has 4 heteroatoms. The van der Waals surface area contributed by atoms with E-state index in [1.165, 1.54) is 6.92 Å². The van der Waals surface area contributed by atoms with Crippen molar-refractivity contribution < 1.29 is 19.1 Å². The molecular weight excluding hydrogens is 208 g/mol. The van der Waals surface area contributed by atoms with E-state index in [0.29, 0.717) is 0 Å². The topological polar surface area (TPSA) is 52.6 Å². The van der Waals surface area contributed by atoms with E-state index in [1.807, 2.05) is 0 Å². The van der Waals surface area contributed by atoms with E-state index >= 15 is 0 Å². The van der Waals surface area contributed by atoms with E-state index in [0.717, 1.165) is 0 Å². The number of esters is 2. The predicted molar refractivity (Wildman–Crippen MR) is 59.4 cm³/mol. The summed E-state index contributed by atoms with van der Waals surface area (Å²) in [5, 5.41) is 0. The van der Waals surface area contributed by atoms with Crippen LogP contribution in [0.5, 0.6) is 0 Å². The first-order chi connectivity index (χ1) is 7.52. The first kappa shape index (κ1) is 14.5. The summed E-state index contributed by atoms with van der Waals surface area (Å²) in [6, 6.07) is 0. The highest BCUT2D eigenvalue weighted by Crippen LogP contribution is 2.25. The van der Waals surface area contributed by atoms with Gasteiger partial charge in [-0.3, -0.25) is 9.59 Å². The summed E-state index contributed by atoms with van der Waals surface area (Å²) in [6.07, 6.45) is 0.112. The standard InChI is InChI=1S/C12H18O4/c1-5-8-9-12(4,10(13)15-6-2)11(14)16-7-3/h6-7,9H2,1-4H3. The van der Waals surface area contributed by atoms with Gasteiger partial charge in [0, 0.05) is 6.42 Å². The van der Waals surface area contributed by atoms with Crippen LogP contribution in [-0.2, 0) is 19.1 Å². The summed E-state index contributed by atoms with van der Waals surface area (Å²) >= 11 is 0. The fourth-order valence-corrected chi connectivity index (χ4v) is 1.07. The second-order valence-electron chi connectivity index (χ2n) is 3.38. The van der Waals surface area contributed by atoms with Crippen molar-refractivity contribution in [2.24, 2.45) is 5.41 Å². The van der Waals surface area contributed by atoms with E-state index in [-0.39, 0.29) is 19.6 Å². The molecule has 0 aromatic rings. The zero-order chi connectivity index (χ0) is 12.6. The van der Waals surface area contributed by atoms with Crippen molar-refractivity contribution in [1.29, 1.82) is 0 Å². The molecule has 0 rings (SSSR count). The van der Waals surface area contributed by atoms with Gasteiger partial charge in [0.05, 0.1) is 13.2 Å². The fourth-order valence-electron chi connectivity index (χ4n) is 1.07. The quantitative estimate of drug-likeness (QED) is 0.405. The van der Waals surface area contributed by atoms with E-state index in [1.54, 1.807) is 20.8 Å². The largest absolute Gasteiger partial charge is 0.465 e. The summed E-state index contributed by atoms with van der Waals surface area (Å²) < 4.78 is 9.73. The highest BCUT2D eigenvalue weighted by Gasteiger charge is 2.43. The van der Waals surface area contributed by atoms with E-state index < -0.39 is 17.4 Å². The molecule has 0 atom stereocenters. The molecule has 0 aliphatic rings. The summed E-state index contributed by atoms with van der Waals surface area (Å²) in [5.74, 6) is 4.19. The molecule has 0 bridgehead atoms. The third-order valence-corrected chi connectivity index (χ3v) is 2.07. The van der Waals surface area contributed by atoms with E-state index in [4.69, 9.17) is 9.47 Å². The van der Waals surface area contributed by atoms with Crippen LogP contribution >= 0.6 is 0 Å². The van der Waals surface area contributed by atoms with Gasteiger partial charge in [0.15, 0.2) is 5.41 Å². The molecule has 0 amide bonds. The summed E-state index contributed by atoms with van der Waals surface area (Å²) in [4.78, 5) is 23.4. The average molecular weight is 226 g/mol. The molecule has 0 fully saturated rings. The van der Waals surface area contributed by atoms with Gasteiger partial charge < -0.3 is 9.47 Å². The second-order valence-corrected chi connectivity index (χ2v) is 3.38. The zero-order valence-corrected chi connectivity index (χ0v) is 10.3.